The Hall–Kier alpha value is -2.36. The molecular weight excluding hydrogens is 314 g/mol. The van der Waals surface area contributed by atoms with Crippen molar-refractivity contribution in [3.63, 3.8) is 0 Å². The number of benzene rings is 1. The van der Waals surface area contributed by atoms with Crippen LogP contribution in [0.15, 0.2) is 42.7 Å². The molecule has 1 fully saturated rings. The van der Waals surface area contributed by atoms with Crippen LogP contribution >= 0.6 is 0 Å². The molecule has 1 saturated carbocycles. The highest BCUT2D eigenvalue weighted by Crippen LogP contribution is 2.46. The lowest BCUT2D eigenvalue weighted by Crippen LogP contribution is -2.13. The molecule has 0 bridgehead atoms. The van der Waals surface area contributed by atoms with E-state index < -0.39 is 5.97 Å². The summed E-state index contributed by atoms with van der Waals surface area (Å²) in [4.78, 5) is 16.0. The number of para-hydroxylation sites is 1. The molecule has 4 nitrogen and oxygen atoms in total. The molecule has 25 heavy (non-hydrogen) atoms. The Morgan fingerprint density at radius 1 is 1.16 bits per heavy atom. The maximum absolute atomic E-state index is 12.0. The van der Waals surface area contributed by atoms with E-state index in [1.165, 1.54) is 24.6 Å². The van der Waals surface area contributed by atoms with Gasteiger partial charge in [0.25, 0.3) is 0 Å². The number of carbonyl (C=O) groups is 1. The van der Waals surface area contributed by atoms with E-state index in [0.717, 1.165) is 17.2 Å². The summed E-state index contributed by atoms with van der Waals surface area (Å²) in [5.74, 6) is 1.99. The molecule has 0 radical (unpaired) electrons. The molecule has 3 rings (SSSR count). The average molecular weight is 339 g/mol. The quantitative estimate of drug-likeness (QED) is 0.531. The lowest BCUT2D eigenvalue weighted by Gasteiger charge is -2.21. The van der Waals surface area contributed by atoms with Crippen molar-refractivity contribution in [3.8, 4) is 5.75 Å². The van der Waals surface area contributed by atoms with E-state index in [4.69, 9.17) is 9.47 Å². The number of hydrogen-bond acceptors (Lipinski definition) is 4. The molecule has 1 aromatic heterocycles. The molecule has 1 aliphatic carbocycles. The summed E-state index contributed by atoms with van der Waals surface area (Å²) < 4.78 is 11.2. The molecule has 0 aliphatic heterocycles. The van der Waals surface area contributed by atoms with Gasteiger partial charge in [0, 0.05) is 12.4 Å². The van der Waals surface area contributed by atoms with Crippen LogP contribution < -0.4 is 4.74 Å². The van der Waals surface area contributed by atoms with Crippen molar-refractivity contribution in [1.82, 2.24) is 4.98 Å². The number of carbonyl (C=O) groups excluding carboxylic acids is 1. The third kappa shape index (κ3) is 4.19. The van der Waals surface area contributed by atoms with E-state index in [1.54, 1.807) is 18.3 Å². The van der Waals surface area contributed by atoms with Gasteiger partial charge in [0.1, 0.15) is 5.75 Å². The van der Waals surface area contributed by atoms with Gasteiger partial charge in [-0.2, -0.15) is 0 Å². The largest absolute Gasteiger partial charge is 0.457 e. The van der Waals surface area contributed by atoms with Crippen LogP contribution in [0.4, 0.5) is 0 Å². The molecule has 0 spiro atoms. The summed E-state index contributed by atoms with van der Waals surface area (Å²) in [6.07, 6.45) is 5.67. The maximum Gasteiger partial charge on any atom is 0.342 e. The van der Waals surface area contributed by atoms with E-state index in [1.807, 2.05) is 0 Å². The first-order valence-corrected chi connectivity index (χ1v) is 8.90. The van der Waals surface area contributed by atoms with Crippen molar-refractivity contribution >= 4 is 5.97 Å². The molecule has 1 heterocycles. The zero-order valence-corrected chi connectivity index (χ0v) is 15.1. The predicted molar refractivity (Wildman–Crippen MR) is 96.8 cm³/mol. The number of rotatable bonds is 7. The second-order valence-electron chi connectivity index (χ2n) is 6.98. The molecule has 132 valence electrons. The average Bonchev–Trinajstić information content (AvgIpc) is 3.46. The first kappa shape index (κ1) is 17.5. The van der Waals surface area contributed by atoms with Crippen molar-refractivity contribution in [1.29, 1.82) is 0 Å². The van der Waals surface area contributed by atoms with Gasteiger partial charge in [-0.1, -0.05) is 39.0 Å². The van der Waals surface area contributed by atoms with E-state index >= 15 is 0 Å². The van der Waals surface area contributed by atoms with E-state index in [9.17, 15) is 4.79 Å². The Labute approximate surface area is 149 Å². The summed E-state index contributed by atoms with van der Waals surface area (Å²) in [5.41, 5.74) is 2.79. The minimum atomic E-state index is -0.424. The van der Waals surface area contributed by atoms with E-state index in [2.05, 4.69) is 44.0 Å². The van der Waals surface area contributed by atoms with Gasteiger partial charge in [-0.15, -0.1) is 0 Å². The van der Waals surface area contributed by atoms with Gasteiger partial charge >= 0.3 is 5.97 Å². The molecule has 1 atom stereocenters. The third-order valence-electron chi connectivity index (χ3n) is 4.81. The summed E-state index contributed by atoms with van der Waals surface area (Å²) in [6.45, 7) is 6.46. The fourth-order valence-electron chi connectivity index (χ4n) is 3.11. The summed E-state index contributed by atoms with van der Waals surface area (Å²) in [6, 6.07) is 9.70. The van der Waals surface area contributed by atoms with Crippen LogP contribution in [0.5, 0.6) is 5.75 Å². The molecule has 4 heteroatoms. The van der Waals surface area contributed by atoms with Gasteiger partial charge in [0.05, 0.1) is 5.56 Å². The first-order chi connectivity index (χ1) is 12.1. The fraction of sp³-hybridized carbons (Fsp3) is 0.429. The van der Waals surface area contributed by atoms with E-state index in [-0.39, 0.29) is 6.79 Å². The number of pyridine rings is 1. The van der Waals surface area contributed by atoms with Crippen molar-refractivity contribution in [3.05, 3.63) is 59.4 Å². The Morgan fingerprint density at radius 3 is 2.56 bits per heavy atom. The van der Waals surface area contributed by atoms with Gasteiger partial charge in [-0.25, -0.2) is 4.79 Å². The van der Waals surface area contributed by atoms with Crippen LogP contribution in [0, 0.1) is 5.92 Å². The Kier molecular flexibility index (Phi) is 5.37. The molecule has 2 aromatic rings. The highest BCUT2D eigenvalue weighted by atomic mass is 16.7. The molecule has 1 aromatic carbocycles. The summed E-state index contributed by atoms with van der Waals surface area (Å²) in [5, 5.41) is 0. The van der Waals surface area contributed by atoms with Gasteiger partial charge < -0.3 is 9.47 Å². The smallest absolute Gasteiger partial charge is 0.342 e. The lowest BCUT2D eigenvalue weighted by atomic mass is 9.90. The van der Waals surface area contributed by atoms with Crippen LogP contribution in [0.1, 0.15) is 66.9 Å². The Bertz CT molecular complexity index is 723. The summed E-state index contributed by atoms with van der Waals surface area (Å²) in [7, 11) is 0. The standard InChI is InChI=1S/C21H25NO3/c1-14(2)18-7-4-8-19(15(3)16-9-10-16)20(18)24-13-25-21(23)17-6-5-11-22-12-17/h4-8,11-12,14-16H,9-10,13H2,1-3H3/t15-/m1/s1. The van der Waals surface area contributed by atoms with Crippen LogP contribution in [0.3, 0.4) is 0 Å². The van der Waals surface area contributed by atoms with Crippen molar-refractivity contribution in [2.75, 3.05) is 6.79 Å². The maximum atomic E-state index is 12.0. The minimum Gasteiger partial charge on any atom is -0.457 e. The van der Waals surface area contributed by atoms with Gasteiger partial charge in [0.2, 0.25) is 6.79 Å². The molecule has 0 saturated heterocycles. The fourth-order valence-corrected chi connectivity index (χ4v) is 3.11. The number of aromatic nitrogens is 1. The molecule has 0 N–H and O–H groups in total. The summed E-state index contributed by atoms with van der Waals surface area (Å²) >= 11 is 0. The minimum absolute atomic E-state index is 0.0954. The lowest BCUT2D eigenvalue weighted by molar-refractivity contribution is 0.0146. The topological polar surface area (TPSA) is 48.4 Å². The SMILES string of the molecule is CC(C)c1cccc([C@H](C)C2CC2)c1OCOC(=O)c1cccnc1. The second kappa shape index (κ2) is 7.68. The van der Waals surface area contributed by atoms with Gasteiger partial charge in [-0.05, 0) is 53.9 Å². The second-order valence-corrected chi connectivity index (χ2v) is 6.98. The Morgan fingerprint density at radius 2 is 1.92 bits per heavy atom. The number of ether oxygens (including phenoxy) is 2. The number of nitrogens with zero attached hydrogens (tertiary/aromatic N) is 1. The monoisotopic (exact) mass is 339 g/mol. The van der Waals surface area contributed by atoms with Crippen LogP contribution in [0.25, 0.3) is 0 Å². The molecule has 0 unspecified atom stereocenters. The van der Waals surface area contributed by atoms with Gasteiger partial charge in [0.15, 0.2) is 0 Å². The van der Waals surface area contributed by atoms with E-state index in [0.29, 0.717) is 17.4 Å². The first-order valence-electron chi connectivity index (χ1n) is 8.90. The highest BCUT2D eigenvalue weighted by Gasteiger charge is 2.31. The van der Waals surface area contributed by atoms with Gasteiger partial charge in [-0.3, -0.25) is 4.98 Å². The molecular formula is C21H25NO3. The van der Waals surface area contributed by atoms with Crippen molar-refractivity contribution in [2.45, 2.75) is 45.4 Å². The normalized spacial score (nSPS) is 15.0. The Balaban J connectivity index is 1.73. The van der Waals surface area contributed by atoms with Crippen LogP contribution in [-0.4, -0.2) is 17.7 Å². The zero-order valence-electron chi connectivity index (χ0n) is 15.1. The number of esters is 1. The zero-order chi connectivity index (χ0) is 17.8. The third-order valence-corrected chi connectivity index (χ3v) is 4.81. The van der Waals surface area contributed by atoms with Crippen molar-refractivity contribution in [2.24, 2.45) is 5.92 Å². The molecule has 1 aliphatic rings. The van der Waals surface area contributed by atoms with Crippen LogP contribution in [-0.2, 0) is 4.74 Å². The van der Waals surface area contributed by atoms with Crippen LogP contribution in [0.2, 0.25) is 0 Å². The number of hydrogen-bond donors (Lipinski definition) is 0. The van der Waals surface area contributed by atoms with Crippen molar-refractivity contribution < 1.29 is 14.3 Å². The highest BCUT2D eigenvalue weighted by molar-refractivity contribution is 5.88. The molecule has 0 amide bonds. The predicted octanol–water partition coefficient (Wildman–Crippen LogP) is 4.91.